The van der Waals surface area contributed by atoms with E-state index in [1.807, 2.05) is 12.4 Å². The first-order valence-corrected chi connectivity index (χ1v) is 7.76. The number of anilines is 1. The number of aromatic nitrogens is 2. The van der Waals surface area contributed by atoms with E-state index in [0.717, 1.165) is 32.6 Å². The number of nitrogens with one attached hydrogen (secondary N) is 1. The van der Waals surface area contributed by atoms with Crippen LogP contribution in [-0.4, -0.2) is 47.3 Å². The molecule has 1 saturated heterocycles. The first kappa shape index (κ1) is 14.1. The summed E-state index contributed by atoms with van der Waals surface area (Å²) in [5, 5.41) is 6.90. The zero-order valence-electron chi connectivity index (χ0n) is 12.9. The van der Waals surface area contributed by atoms with E-state index in [9.17, 15) is 0 Å². The van der Waals surface area contributed by atoms with Crippen LogP contribution in [0.4, 0.5) is 5.69 Å². The lowest BCUT2D eigenvalue weighted by molar-refractivity contribution is 0.192. The second-order valence-corrected chi connectivity index (χ2v) is 6.02. The van der Waals surface area contributed by atoms with Crippen molar-refractivity contribution in [1.29, 1.82) is 0 Å². The Balaban J connectivity index is 1.55. The van der Waals surface area contributed by atoms with Gasteiger partial charge in [-0.3, -0.25) is 10.00 Å². The van der Waals surface area contributed by atoms with Crippen molar-refractivity contribution < 1.29 is 0 Å². The van der Waals surface area contributed by atoms with Gasteiger partial charge < -0.3 is 4.90 Å². The summed E-state index contributed by atoms with van der Waals surface area (Å²) in [7, 11) is 0. The van der Waals surface area contributed by atoms with Crippen LogP contribution in [0.2, 0.25) is 0 Å². The van der Waals surface area contributed by atoms with Gasteiger partial charge in [0, 0.05) is 44.1 Å². The van der Waals surface area contributed by atoms with Crippen LogP contribution in [-0.2, 0) is 6.42 Å². The highest BCUT2D eigenvalue weighted by Crippen LogP contribution is 2.19. The fourth-order valence-electron chi connectivity index (χ4n) is 3.00. The molecule has 21 heavy (non-hydrogen) atoms. The fraction of sp³-hybridized carbons (Fsp3) is 0.471. The number of piperazine rings is 1. The van der Waals surface area contributed by atoms with Crippen molar-refractivity contribution >= 4 is 5.69 Å². The van der Waals surface area contributed by atoms with Gasteiger partial charge in [-0.15, -0.1) is 0 Å². The zero-order valence-corrected chi connectivity index (χ0v) is 12.9. The third-order valence-corrected chi connectivity index (χ3v) is 4.41. The highest BCUT2D eigenvalue weighted by Gasteiger charge is 2.23. The summed E-state index contributed by atoms with van der Waals surface area (Å²) >= 11 is 0. The van der Waals surface area contributed by atoms with Gasteiger partial charge in [-0.2, -0.15) is 5.10 Å². The van der Waals surface area contributed by atoms with E-state index in [2.05, 4.69) is 58.1 Å². The molecule has 2 heterocycles. The number of aryl methyl sites for hydroxylation is 1. The summed E-state index contributed by atoms with van der Waals surface area (Å²) in [6.45, 7) is 8.93. The Hall–Kier alpha value is -1.81. The molecule has 0 saturated carbocycles. The summed E-state index contributed by atoms with van der Waals surface area (Å²) in [4.78, 5) is 5.08. The van der Waals surface area contributed by atoms with E-state index < -0.39 is 0 Å². The van der Waals surface area contributed by atoms with Crippen LogP contribution >= 0.6 is 0 Å². The summed E-state index contributed by atoms with van der Waals surface area (Å²) in [5.74, 6) is 0. The predicted molar refractivity (Wildman–Crippen MR) is 86.7 cm³/mol. The van der Waals surface area contributed by atoms with E-state index in [1.54, 1.807) is 0 Å². The topological polar surface area (TPSA) is 35.2 Å². The van der Waals surface area contributed by atoms with Crippen LogP contribution in [0.25, 0.3) is 0 Å². The second-order valence-electron chi connectivity index (χ2n) is 6.02. The van der Waals surface area contributed by atoms with Crippen molar-refractivity contribution in [3.05, 3.63) is 47.8 Å². The Morgan fingerprint density at radius 3 is 2.71 bits per heavy atom. The van der Waals surface area contributed by atoms with E-state index >= 15 is 0 Å². The second kappa shape index (κ2) is 6.31. The van der Waals surface area contributed by atoms with Crippen molar-refractivity contribution in [2.45, 2.75) is 26.3 Å². The highest BCUT2D eigenvalue weighted by molar-refractivity contribution is 5.48. The molecule has 0 spiro atoms. The van der Waals surface area contributed by atoms with Crippen LogP contribution < -0.4 is 4.90 Å². The van der Waals surface area contributed by atoms with Crippen LogP contribution in [0.3, 0.4) is 0 Å². The van der Waals surface area contributed by atoms with Gasteiger partial charge in [0.2, 0.25) is 0 Å². The van der Waals surface area contributed by atoms with Gasteiger partial charge in [0.1, 0.15) is 0 Å². The highest BCUT2D eigenvalue weighted by atomic mass is 15.3. The van der Waals surface area contributed by atoms with Crippen molar-refractivity contribution in [1.82, 2.24) is 15.1 Å². The lowest BCUT2D eigenvalue weighted by Gasteiger charge is -2.41. The lowest BCUT2D eigenvalue weighted by atomic mass is 10.1. The average Bonchev–Trinajstić information content (AvgIpc) is 3.00. The van der Waals surface area contributed by atoms with Crippen LogP contribution in [0.1, 0.15) is 18.1 Å². The van der Waals surface area contributed by atoms with Gasteiger partial charge in [-0.05, 0) is 38.0 Å². The van der Waals surface area contributed by atoms with Gasteiger partial charge in [-0.25, -0.2) is 0 Å². The summed E-state index contributed by atoms with van der Waals surface area (Å²) < 4.78 is 0. The number of benzene rings is 1. The number of H-pyrrole nitrogens is 1. The largest absolute Gasteiger partial charge is 0.369 e. The summed E-state index contributed by atoms with van der Waals surface area (Å²) in [6.07, 6.45) is 4.99. The number of hydrogen-bond donors (Lipinski definition) is 1. The molecule has 1 aliphatic rings. The van der Waals surface area contributed by atoms with E-state index in [0.29, 0.717) is 6.04 Å². The Morgan fingerprint density at radius 1 is 1.24 bits per heavy atom. The molecule has 0 radical (unpaired) electrons. The van der Waals surface area contributed by atoms with Gasteiger partial charge in [-0.1, -0.05) is 17.7 Å². The van der Waals surface area contributed by atoms with Crippen molar-refractivity contribution in [3.63, 3.8) is 0 Å². The van der Waals surface area contributed by atoms with E-state index in [-0.39, 0.29) is 0 Å². The molecule has 1 aromatic carbocycles. The SMILES string of the molecule is Cc1ccc(N2CCN(CCc3cn[nH]c3)[C@@H](C)C2)cc1. The van der Waals surface area contributed by atoms with Crippen LogP contribution in [0.5, 0.6) is 0 Å². The molecule has 1 fully saturated rings. The van der Waals surface area contributed by atoms with E-state index in [4.69, 9.17) is 0 Å². The minimum atomic E-state index is 0.590. The van der Waals surface area contributed by atoms with Gasteiger partial charge in [0.15, 0.2) is 0 Å². The molecule has 1 N–H and O–H groups in total. The molecule has 3 rings (SSSR count). The van der Waals surface area contributed by atoms with Crippen molar-refractivity contribution in [2.75, 3.05) is 31.1 Å². The number of aromatic amines is 1. The smallest absolute Gasteiger partial charge is 0.0519 e. The minimum absolute atomic E-state index is 0.590. The Labute approximate surface area is 126 Å². The summed E-state index contributed by atoms with van der Waals surface area (Å²) in [6, 6.07) is 9.47. The van der Waals surface area contributed by atoms with E-state index in [1.165, 1.54) is 16.8 Å². The molecule has 0 bridgehead atoms. The average molecular weight is 284 g/mol. The van der Waals surface area contributed by atoms with Crippen molar-refractivity contribution in [2.24, 2.45) is 0 Å². The third kappa shape index (κ3) is 3.45. The maximum atomic E-state index is 4.01. The van der Waals surface area contributed by atoms with Crippen LogP contribution in [0.15, 0.2) is 36.7 Å². The van der Waals surface area contributed by atoms with Crippen LogP contribution in [0, 0.1) is 6.92 Å². The Morgan fingerprint density at radius 2 is 2.05 bits per heavy atom. The number of rotatable bonds is 4. The number of nitrogens with zero attached hydrogens (tertiary/aromatic N) is 3. The molecule has 2 aromatic rings. The third-order valence-electron chi connectivity index (χ3n) is 4.41. The zero-order chi connectivity index (χ0) is 14.7. The lowest BCUT2D eigenvalue weighted by Crippen LogP contribution is -2.52. The van der Waals surface area contributed by atoms with Gasteiger partial charge in [0.05, 0.1) is 6.20 Å². The maximum absolute atomic E-state index is 4.01. The molecule has 4 heteroatoms. The van der Waals surface area contributed by atoms with Crippen molar-refractivity contribution in [3.8, 4) is 0 Å². The predicted octanol–water partition coefficient (Wildman–Crippen LogP) is 2.47. The monoisotopic (exact) mass is 284 g/mol. The summed E-state index contributed by atoms with van der Waals surface area (Å²) in [5.41, 5.74) is 3.97. The minimum Gasteiger partial charge on any atom is -0.369 e. The molecule has 0 unspecified atom stereocenters. The molecule has 112 valence electrons. The molecule has 1 aromatic heterocycles. The first-order valence-electron chi connectivity index (χ1n) is 7.76. The molecule has 1 aliphatic heterocycles. The molecular weight excluding hydrogens is 260 g/mol. The molecule has 1 atom stereocenters. The number of hydrogen-bond acceptors (Lipinski definition) is 3. The maximum Gasteiger partial charge on any atom is 0.0519 e. The molecule has 0 amide bonds. The molecule has 4 nitrogen and oxygen atoms in total. The molecule has 0 aliphatic carbocycles. The normalized spacial score (nSPS) is 19.9. The van der Waals surface area contributed by atoms with Gasteiger partial charge >= 0.3 is 0 Å². The Bertz CT molecular complexity index is 547. The molecular formula is C17H24N4. The quantitative estimate of drug-likeness (QED) is 0.937. The first-order chi connectivity index (χ1) is 10.2. The standard InChI is InChI=1S/C17H24N4/c1-14-3-5-17(6-4-14)21-10-9-20(15(2)13-21)8-7-16-11-18-19-12-16/h3-6,11-12,15H,7-10,13H2,1-2H3,(H,18,19)/t15-/m0/s1. The fourth-order valence-corrected chi connectivity index (χ4v) is 3.00. The van der Waals surface area contributed by atoms with Gasteiger partial charge in [0.25, 0.3) is 0 Å². The Kier molecular flexibility index (Phi) is 4.25.